The van der Waals surface area contributed by atoms with Gasteiger partial charge in [-0.1, -0.05) is 13.8 Å². The van der Waals surface area contributed by atoms with E-state index in [2.05, 4.69) is 20.5 Å². The number of ether oxygens (including phenoxy) is 1. The van der Waals surface area contributed by atoms with Gasteiger partial charge in [0.15, 0.2) is 0 Å². The zero-order valence-electron chi connectivity index (χ0n) is 11.2. The lowest BCUT2D eigenvalue weighted by Gasteiger charge is -2.20. The molecular formula is C11H18N4O4. The zero-order valence-corrected chi connectivity index (χ0v) is 11.2. The van der Waals surface area contributed by atoms with Crippen molar-refractivity contribution in [2.45, 2.75) is 33.6 Å². The van der Waals surface area contributed by atoms with E-state index in [1.54, 1.807) is 20.8 Å². The number of hydrogen-bond donors (Lipinski definition) is 3. The first-order chi connectivity index (χ1) is 8.82. The number of aliphatic carboxylic acids is 1. The number of carbonyl (C=O) groups excluding carboxylic acids is 1. The molecule has 0 saturated carbocycles. The van der Waals surface area contributed by atoms with Crippen molar-refractivity contribution < 1.29 is 19.4 Å². The van der Waals surface area contributed by atoms with Gasteiger partial charge in [0.05, 0.1) is 13.0 Å². The molecule has 19 heavy (non-hydrogen) atoms. The summed E-state index contributed by atoms with van der Waals surface area (Å²) in [5, 5.41) is 17.5. The van der Waals surface area contributed by atoms with Gasteiger partial charge < -0.3 is 9.84 Å². The molecule has 1 rings (SSSR count). The minimum Gasteiger partial charge on any atom is -0.481 e. The highest BCUT2D eigenvalue weighted by molar-refractivity contribution is 5.89. The average Bonchev–Trinajstić information content (AvgIpc) is 2.62. The molecular weight excluding hydrogens is 252 g/mol. The molecule has 0 unspecified atom stereocenters. The van der Waals surface area contributed by atoms with Gasteiger partial charge in [-0.2, -0.15) is 4.98 Å². The maximum Gasteiger partial charge on any atom is 0.337 e. The molecule has 0 atom stereocenters. The first-order valence-electron chi connectivity index (χ1n) is 5.89. The van der Waals surface area contributed by atoms with Crippen molar-refractivity contribution in [3.8, 4) is 6.01 Å². The Kier molecular flexibility index (Phi) is 4.85. The molecule has 0 bridgehead atoms. The van der Waals surface area contributed by atoms with Crippen LogP contribution in [0.15, 0.2) is 0 Å². The monoisotopic (exact) mass is 270 g/mol. The van der Waals surface area contributed by atoms with Gasteiger partial charge in [-0.3, -0.25) is 14.9 Å². The number of hydrogen-bond acceptors (Lipinski definition) is 5. The molecule has 0 spiro atoms. The summed E-state index contributed by atoms with van der Waals surface area (Å²) >= 11 is 0. The second kappa shape index (κ2) is 6.17. The van der Waals surface area contributed by atoms with Crippen LogP contribution < -0.4 is 10.1 Å². The van der Waals surface area contributed by atoms with Crippen molar-refractivity contribution in [2.24, 2.45) is 5.41 Å². The Balaban J connectivity index is 2.52. The molecule has 0 saturated heterocycles. The van der Waals surface area contributed by atoms with E-state index >= 15 is 0 Å². The van der Waals surface area contributed by atoms with E-state index in [4.69, 9.17) is 9.84 Å². The third kappa shape index (κ3) is 5.36. The molecule has 0 aliphatic carbocycles. The number of H-pyrrole nitrogens is 1. The maximum absolute atomic E-state index is 11.7. The highest BCUT2D eigenvalue weighted by atomic mass is 16.5. The highest BCUT2D eigenvalue weighted by Crippen LogP contribution is 2.25. The van der Waals surface area contributed by atoms with Crippen molar-refractivity contribution in [3.05, 3.63) is 0 Å². The maximum atomic E-state index is 11.7. The zero-order chi connectivity index (χ0) is 14.5. The van der Waals surface area contributed by atoms with Gasteiger partial charge in [0.2, 0.25) is 11.9 Å². The van der Waals surface area contributed by atoms with Crippen molar-refractivity contribution in [1.82, 2.24) is 15.2 Å². The number of nitrogens with zero attached hydrogens (tertiary/aromatic N) is 2. The second-order valence-corrected chi connectivity index (χ2v) is 4.86. The fourth-order valence-electron chi connectivity index (χ4n) is 1.58. The van der Waals surface area contributed by atoms with Crippen molar-refractivity contribution in [1.29, 1.82) is 0 Å². The lowest BCUT2D eigenvalue weighted by molar-refractivity contribution is -0.139. The van der Waals surface area contributed by atoms with E-state index in [1.807, 2.05) is 0 Å². The van der Waals surface area contributed by atoms with Gasteiger partial charge >= 0.3 is 12.0 Å². The van der Waals surface area contributed by atoms with Crippen LogP contribution in [-0.4, -0.2) is 38.8 Å². The summed E-state index contributed by atoms with van der Waals surface area (Å²) in [5.74, 6) is -1.08. The van der Waals surface area contributed by atoms with Gasteiger partial charge in [-0.05, 0) is 12.3 Å². The van der Waals surface area contributed by atoms with Crippen LogP contribution in [0.1, 0.15) is 33.6 Å². The van der Waals surface area contributed by atoms with Crippen LogP contribution in [0.5, 0.6) is 6.01 Å². The quantitative estimate of drug-likeness (QED) is 0.681. The number of carboxylic acid groups (broad SMARTS) is 1. The molecule has 0 fully saturated rings. The molecule has 0 aliphatic heterocycles. The largest absolute Gasteiger partial charge is 0.481 e. The average molecular weight is 270 g/mol. The molecule has 1 aromatic rings. The fraction of sp³-hybridized carbons (Fsp3) is 0.636. The number of aromatic nitrogens is 3. The highest BCUT2D eigenvalue weighted by Gasteiger charge is 2.25. The predicted octanol–water partition coefficient (Wildman–Crippen LogP) is 1.03. The lowest BCUT2D eigenvalue weighted by atomic mass is 9.85. The van der Waals surface area contributed by atoms with Crippen LogP contribution >= 0.6 is 0 Å². The van der Waals surface area contributed by atoms with Gasteiger partial charge in [-0.15, -0.1) is 5.10 Å². The minimum absolute atomic E-state index is 0.0734. The number of carboxylic acids is 1. The fourth-order valence-corrected chi connectivity index (χ4v) is 1.58. The topological polar surface area (TPSA) is 117 Å². The number of rotatable bonds is 7. The van der Waals surface area contributed by atoms with Gasteiger partial charge in [0.1, 0.15) is 0 Å². The lowest BCUT2D eigenvalue weighted by Crippen LogP contribution is -2.25. The predicted molar refractivity (Wildman–Crippen MR) is 66.8 cm³/mol. The molecule has 3 N–H and O–H groups in total. The Morgan fingerprint density at radius 2 is 2.11 bits per heavy atom. The van der Waals surface area contributed by atoms with Crippen LogP contribution in [0.2, 0.25) is 0 Å². The summed E-state index contributed by atoms with van der Waals surface area (Å²) in [5.41, 5.74) is -0.626. The molecule has 0 radical (unpaired) electrons. The standard InChI is InChI=1S/C11H18N4O4/c1-4-19-10-13-9(14-15-10)12-7(16)5-11(2,3)6-8(17)18/h4-6H2,1-3H3,(H,17,18)(H2,12,13,14,15,16). The summed E-state index contributed by atoms with van der Waals surface area (Å²) in [6, 6.07) is 0.155. The molecule has 1 heterocycles. The van der Waals surface area contributed by atoms with Crippen LogP contribution in [-0.2, 0) is 9.59 Å². The Bertz CT molecular complexity index is 455. The molecule has 0 aromatic carbocycles. The van der Waals surface area contributed by atoms with Crippen molar-refractivity contribution in [2.75, 3.05) is 11.9 Å². The smallest absolute Gasteiger partial charge is 0.337 e. The molecule has 106 valence electrons. The first kappa shape index (κ1) is 14.9. The minimum atomic E-state index is -0.934. The third-order valence-corrected chi connectivity index (χ3v) is 2.27. The number of amides is 1. The van der Waals surface area contributed by atoms with Gasteiger partial charge in [0, 0.05) is 6.42 Å². The summed E-state index contributed by atoms with van der Waals surface area (Å²) in [6.45, 7) is 5.65. The molecule has 1 aromatic heterocycles. The Labute approximate surface area is 110 Å². The Hall–Kier alpha value is -2.12. The van der Waals surface area contributed by atoms with E-state index in [1.165, 1.54) is 0 Å². The van der Waals surface area contributed by atoms with Crippen LogP contribution in [0.4, 0.5) is 5.95 Å². The Morgan fingerprint density at radius 3 is 2.68 bits per heavy atom. The summed E-state index contributed by atoms with van der Waals surface area (Å²) in [6.07, 6.45) is -0.00894. The summed E-state index contributed by atoms with van der Waals surface area (Å²) in [7, 11) is 0. The molecule has 0 aliphatic rings. The third-order valence-electron chi connectivity index (χ3n) is 2.27. The molecule has 8 nitrogen and oxygen atoms in total. The normalized spacial score (nSPS) is 11.1. The number of carbonyl (C=O) groups is 2. The Morgan fingerprint density at radius 1 is 1.42 bits per heavy atom. The van der Waals surface area contributed by atoms with E-state index in [-0.39, 0.29) is 30.7 Å². The number of nitrogens with one attached hydrogen (secondary N) is 2. The van der Waals surface area contributed by atoms with E-state index in [0.29, 0.717) is 6.61 Å². The van der Waals surface area contributed by atoms with Crippen molar-refractivity contribution >= 4 is 17.8 Å². The molecule has 8 heteroatoms. The van der Waals surface area contributed by atoms with Gasteiger partial charge in [0.25, 0.3) is 0 Å². The summed E-state index contributed by atoms with van der Waals surface area (Å²) < 4.78 is 5.04. The second-order valence-electron chi connectivity index (χ2n) is 4.86. The van der Waals surface area contributed by atoms with Gasteiger partial charge in [-0.25, -0.2) is 5.10 Å². The first-order valence-corrected chi connectivity index (χ1v) is 5.89. The van der Waals surface area contributed by atoms with E-state index in [9.17, 15) is 9.59 Å². The van der Waals surface area contributed by atoms with Crippen LogP contribution in [0, 0.1) is 5.41 Å². The summed E-state index contributed by atoms with van der Waals surface area (Å²) in [4.78, 5) is 26.3. The SMILES string of the molecule is CCOc1n[nH]c(NC(=O)CC(C)(C)CC(=O)O)n1. The van der Waals surface area contributed by atoms with Crippen LogP contribution in [0.25, 0.3) is 0 Å². The molecule has 1 amide bonds. The van der Waals surface area contributed by atoms with Crippen molar-refractivity contribution in [3.63, 3.8) is 0 Å². The van der Waals surface area contributed by atoms with E-state index in [0.717, 1.165) is 0 Å². The number of aromatic amines is 1. The van der Waals surface area contributed by atoms with E-state index < -0.39 is 11.4 Å². The number of anilines is 1. The van der Waals surface area contributed by atoms with Crippen LogP contribution in [0.3, 0.4) is 0 Å².